The minimum Gasteiger partial charge on any atom is -0.467 e. The SMILES string of the molecule is COC(=O)[C@@]12C[C@H](O)C3[C@@]4(C)CC(=O)C(OC(=O)[C@@H](N)CC(C)C)=C(C)C4C[C@H]4OC(=O)[C@H](OC(=O)C=C(C)C)[C@@H]1[C@@]34CO2. The molecule has 0 radical (unpaired) electrons. The minimum absolute atomic E-state index is 0.0725. The van der Waals surface area contributed by atoms with Gasteiger partial charge < -0.3 is 34.5 Å². The van der Waals surface area contributed by atoms with E-state index in [9.17, 15) is 29.1 Å². The molecule has 12 nitrogen and oxygen atoms in total. The van der Waals surface area contributed by atoms with Gasteiger partial charge in [0.05, 0.1) is 25.7 Å². The highest BCUT2D eigenvalue weighted by atomic mass is 16.6. The number of esters is 4. The van der Waals surface area contributed by atoms with Gasteiger partial charge in [-0.1, -0.05) is 26.3 Å². The fourth-order valence-corrected chi connectivity index (χ4v) is 9.20. The molecule has 3 N–H and O–H groups in total. The summed E-state index contributed by atoms with van der Waals surface area (Å²) >= 11 is 0. The van der Waals surface area contributed by atoms with Crippen molar-refractivity contribution in [1.29, 1.82) is 0 Å². The first-order chi connectivity index (χ1) is 20.5. The van der Waals surface area contributed by atoms with E-state index >= 15 is 0 Å². The van der Waals surface area contributed by atoms with E-state index in [1.807, 2.05) is 20.8 Å². The molecule has 2 unspecified atom stereocenters. The van der Waals surface area contributed by atoms with Crippen LogP contribution in [0.1, 0.15) is 67.2 Å². The number of nitrogens with two attached hydrogens (primary N) is 1. The van der Waals surface area contributed by atoms with Crippen LogP contribution in [-0.4, -0.2) is 78.4 Å². The summed E-state index contributed by atoms with van der Waals surface area (Å²) in [6, 6.07) is -0.903. The van der Waals surface area contributed by atoms with Crippen LogP contribution in [0.4, 0.5) is 0 Å². The van der Waals surface area contributed by atoms with Crippen molar-refractivity contribution in [2.24, 2.45) is 40.2 Å². The quantitative estimate of drug-likeness (QED) is 0.241. The van der Waals surface area contributed by atoms with Gasteiger partial charge in [0.1, 0.15) is 12.1 Å². The Hall–Kier alpha value is -3.09. The van der Waals surface area contributed by atoms with Gasteiger partial charge in [-0.05, 0) is 56.4 Å². The molecule has 0 aromatic heterocycles. The Morgan fingerprint density at radius 2 is 1.86 bits per heavy atom. The molecule has 3 aliphatic carbocycles. The van der Waals surface area contributed by atoms with Crippen molar-refractivity contribution < 1.29 is 52.8 Å². The Bertz CT molecular complexity index is 1350. The van der Waals surface area contributed by atoms with Crippen LogP contribution in [-0.2, 0) is 47.7 Å². The smallest absolute Gasteiger partial charge is 0.348 e. The summed E-state index contributed by atoms with van der Waals surface area (Å²) in [4.78, 5) is 66.5. The molecule has 2 bridgehead atoms. The molecule has 4 fully saturated rings. The zero-order valence-corrected chi connectivity index (χ0v) is 26.3. The Labute approximate surface area is 256 Å². The number of allylic oxidation sites excluding steroid dienone is 3. The van der Waals surface area contributed by atoms with Crippen molar-refractivity contribution in [2.75, 3.05) is 13.7 Å². The van der Waals surface area contributed by atoms with Crippen molar-refractivity contribution in [3.8, 4) is 0 Å². The van der Waals surface area contributed by atoms with Gasteiger partial charge in [0, 0.05) is 30.3 Å². The molecule has 2 aliphatic heterocycles. The van der Waals surface area contributed by atoms with E-state index < -0.39 is 88.2 Å². The number of Topliss-reactive ketones (excluding diaryl/α,β-unsaturated/α-hetero) is 1. The average molecular weight is 618 g/mol. The van der Waals surface area contributed by atoms with Crippen LogP contribution in [0.2, 0.25) is 0 Å². The van der Waals surface area contributed by atoms with Crippen molar-refractivity contribution in [1.82, 2.24) is 0 Å². The molecule has 5 rings (SSSR count). The summed E-state index contributed by atoms with van der Waals surface area (Å²) in [5.74, 6) is -5.64. The van der Waals surface area contributed by atoms with Crippen LogP contribution in [0.15, 0.2) is 23.0 Å². The number of carbonyl (C=O) groups is 5. The van der Waals surface area contributed by atoms with E-state index in [2.05, 4.69) is 0 Å². The number of methoxy groups -OCH3 is 1. The number of hydrogen-bond acceptors (Lipinski definition) is 12. The van der Waals surface area contributed by atoms with Gasteiger partial charge in [-0.15, -0.1) is 0 Å². The van der Waals surface area contributed by atoms with Crippen molar-refractivity contribution >= 4 is 29.7 Å². The summed E-state index contributed by atoms with van der Waals surface area (Å²) in [5.41, 5.74) is 3.31. The first-order valence-corrected chi connectivity index (χ1v) is 15.2. The van der Waals surface area contributed by atoms with Crippen LogP contribution in [0.3, 0.4) is 0 Å². The third kappa shape index (κ3) is 4.63. The molecule has 2 heterocycles. The van der Waals surface area contributed by atoms with Gasteiger partial charge in [-0.25, -0.2) is 19.2 Å². The predicted octanol–water partition coefficient (Wildman–Crippen LogP) is 1.90. The van der Waals surface area contributed by atoms with Gasteiger partial charge >= 0.3 is 23.9 Å². The number of fused-ring (bicyclic) bond motifs is 2. The minimum atomic E-state index is -1.78. The largest absolute Gasteiger partial charge is 0.467 e. The molecule has 0 aromatic rings. The fourth-order valence-electron chi connectivity index (χ4n) is 9.20. The molecule has 2 saturated carbocycles. The lowest BCUT2D eigenvalue weighted by Crippen LogP contribution is -2.75. The Morgan fingerprint density at radius 3 is 2.48 bits per heavy atom. The van der Waals surface area contributed by atoms with Crippen molar-refractivity contribution in [2.45, 2.75) is 97.2 Å². The lowest BCUT2D eigenvalue weighted by atomic mass is 9.38. The third-order valence-electron chi connectivity index (χ3n) is 10.6. The summed E-state index contributed by atoms with van der Waals surface area (Å²) in [7, 11) is 1.19. The lowest BCUT2D eigenvalue weighted by Gasteiger charge is -2.66. The highest BCUT2D eigenvalue weighted by Crippen LogP contribution is 2.72. The van der Waals surface area contributed by atoms with Crippen LogP contribution >= 0.6 is 0 Å². The lowest BCUT2D eigenvalue weighted by molar-refractivity contribution is -0.269. The zero-order chi connectivity index (χ0) is 32.5. The standard InChI is InChI=1S/C32H43NO11/c1-14(2)8-18(33)27(37)44-23-16(5)17-10-21-31-13-41-32(29(39)40-7,12-20(35)25(31)30(17,6)11-19(23)34)26(31)24(28(38)42-21)43-22(36)9-15(3)4/h9,14,17-18,20-21,24-26,35H,8,10-13,33H2,1-7H3/t17?,18-,20-,21+,24+,25?,26+,30-,31+,32+/m0/s1. The molecule has 0 aromatic carbocycles. The monoisotopic (exact) mass is 617 g/mol. The third-order valence-corrected chi connectivity index (χ3v) is 10.6. The molecule has 2 saturated heterocycles. The van der Waals surface area contributed by atoms with Crippen LogP contribution in [0.25, 0.3) is 0 Å². The van der Waals surface area contributed by atoms with E-state index in [-0.39, 0.29) is 37.5 Å². The van der Waals surface area contributed by atoms with Gasteiger partial charge in [-0.3, -0.25) is 4.79 Å². The first-order valence-electron chi connectivity index (χ1n) is 15.2. The Kier molecular flexibility index (Phi) is 8.12. The normalized spacial score (nSPS) is 39.5. The number of ketones is 1. The van der Waals surface area contributed by atoms with E-state index in [4.69, 9.17) is 29.4 Å². The molecule has 44 heavy (non-hydrogen) atoms. The molecule has 5 aliphatic rings. The summed E-state index contributed by atoms with van der Waals surface area (Å²) in [5, 5.41) is 11.9. The zero-order valence-electron chi connectivity index (χ0n) is 26.3. The number of aliphatic hydroxyl groups is 1. The maximum absolute atomic E-state index is 13.7. The van der Waals surface area contributed by atoms with E-state index in [0.717, 1.165) is 0 Å². The van der Waals surface area contributed by atoms with E-state index in [0.29, 0.717) is 17.6 Å². The second-order valence-electron chi connectivity index (χ2n) is 14.1. The van der Waals surface area contributed by atoms with Crippen LogP contribution in [0, 0.1) is 34.5 Å². The Balaban J connectivity index is 1.60. The number of ether oxygens (including phenoxy) is 5. The van der Waals surface area contributed by atoms with E-state index in [1.165, 1.54) is 13.2 Å². The molecule has 242 valence electrons. The first kappa shape index (κ1) is 32.3. The van der Waals surface area contributed by atoms with Gasteiger partial charge in [0.25, 0.3) is 0 Å². The summed E-state index contributed by atoms with van der Waals surface area (Å²) in [6.07, 6.45) is -2.04. The highest BCUT2D eigenvalue weighted by molar-refractivity contribution is 5.98. The van der Waals surface area contributed by atoms with Crippen molar-refractivity contribution in [3.63, 3.8) is 0 Å². The molecular formula is C32H43NO11. The fraction of sp³-hybridized carbons (Fsp3) is 0.719. The molecule has 12 heteroatoms. The predicted molar refractivity (Wildman–Crippen MR) is 152 cm³/mol. The number of aliphatic hydroxyl groups excluding tert-OH is 1. The molecule has 1 spiro atoms. The second-order valence-corrected chi connectivity index (χ2v) is 14.1. The number of rotatable bonds is 7. The topological polar surface area (TPSA) is 178 Å². The number of carbonyl (C=O) groups excluding carboxylic acids is 5. The Morgan fingerprint density at radius 1 is 1.18 bits per heavy atom. The average Bonchev–Trinajstić information content (AvgIpc) is 3.16. The van der Waals surface area contributed by atoms with Gasteiger partial charge in [0.2, 0.25) is 6.10 Å². The maximum Gasteiger partial charge on any atom is 0.348 e. The summed E-state index contributed by atoms with van der Waals surface area (Å²) in [6.45, 7) is 10.8. The molecular weight excluding hydrogens is 574 g/mol. The highest BCUT2D eigenvalue weighted by Gasteiger charge is 2.82. The number of hydrogen-bond donors (Lipinski definition) is 2. The molecule has 10 atom stereocenters. The second kappa shape index (κ2) is 11.1. The van der Waals surface area contributed by atoms with E-state index in [1.54, 1.807) is 20.8 Å². The maximum atomic E-state index is 13.7. The van der Waals surface area contributed by atoms with Crippen LogP contribution < -0.4 is 5.73 Å². The van der Waals surface area contributed by atoms with Gasteiger partial charge in [-0.2, -0.15) is 0 Å². The van der Waals surface area contributed by atoms with Gasteiger partial charge in [0.15, 0.2) is 17.1 Å². The van der Waals surface area contributed by atoms with Crippen molar-refractivity contribution in [3.05, 3.63) is 23.0 Å². The summed E-state index contributed by atoms with van der Waals surface area (Å²) < 4.78 is 28.7. The van der Waals surface area contributed by atoms with Crippen LogP contribution in [0.5, 0.6) is 0 Å². The molecule has 0 amide bonds.